The molecule has 4 nitrogen and oxygen atoms in total. The van der Waals surface area contributed by atoms with Crippen LogP contribution in [0.25, 0.3) is 0 Å². The quantitative estimate of drug-likeness (QED) is 0.831. The zero-order valence-corrected chi connectivity index (χ0v) is 12.0. The first-order chi connectivity index (χ1) is 8.79. The zero-order valence-electron chi connectivity index (χ0n) is 12.0. The maximum absolute atomic E-state index is 12.3. The molecule has 1 N–H and O–H groups in total. The van der Waals surface area contributed by atoms with Crippen molar-refractivity contribution in [3.05, 3.63) is 28.8 Å². The molecule has 1 aromatic carbocycles. The van der Waals surface area contributed by atoms with Gasteiger partial charge in [0.1, 0.15) is 5.75 Å². The highest BCUT2D eigenvalue weighted by Crippen LogP contribution is 2.26. The van der Waals surface area contributed by atoms with Crippen molar-refractivity contribution in [3.8, 4) is 5.75 Å². The van der Waals surface area contributed by atoms with Gasteiger partial charge >= 0.3 is 5.97 Å². The Morgan fingerprint density at radius 3 is 1.95 bits per heavy atom. The summed E-state index contributed by atoms with van der Waals surface area (Å²) in [6.45, 7) is 6.94. The molecule has 2 unspecified atom stereocenters. The fraction of sp³-hybridized carbons (Fsp3) is 0.467. The molecule has 0 aliphatic rings. The predicted octanol–water partition coefficient (Wildman–Crippen LogP) is 2.85. The van der Waals surface area contributed by atoms with Crippen molar-refractivity contribution >= 4 is 11.8 Å². The molecule has 104 valence electrons. The molecule has 0 spiro atoms. The second-order valence-electron chi connectivity index (χ2n) is 4.92. The van der Waals surface area contributed by atoms with Crippen LogP contribution >= 0.6 is 0 Å². The Balaban J connectivity index is 3.11. The summed E-state index contributed by atoms with van der Waals surface area (Å²) in [5, 5.41) is 8.97. The van der Waals surface area contributed by atoms with E-state index in [1.807, 2.05) is 13.8 Å². The highest BCUT2D eigenvalue weighted by Gasteiger charge is 2.27. The van der Waals surface area contributed by atoms with E-state index < -0.39 is 17.8 Å². The molecule has 0 aromatic heterocycles. The van der Waals surface area contributed by atoms with Gasteiger partial charge in [-0.1, -0.05) is 13.8 Å². The Labute approximate surface area is 113 Å². The number of rotatable bonds is 5. The lowest BCUT2D eigenvalue weighted by atomic mass is 9.87. The molecule has 0 saturated heterocycles. The van der Waals surface area contributed by atoms with Gasteiger partial charge in [-0.25, -0.2) is 0 Å². The van der Waals surface area contributed by atoms with Gasteiger partial charge in [0.2, 0.25) is 0 Å². The van der Waals surface area contributed by atoms with E-state index >= 15 is 0 Å². The van der Waals surface area contributed by atoms with Gasteiger partial charge in [0.25, 0.3) is 0 Å². The summed E-state index contributed by atoms with van der Waals surface area (Å²) >= 11 is 0. The van der Waals surface area contributed by atoms with E-state index in [9.17, 15) is 9.59 Å². The normalized spacial score (nSPS) is 13.7. The smallest absolute Gasteiger partial charge is 0.306 e. The van der Waals surface area contributed by atoms with Gasteiger partial charge in [-0.2, -0.15) is 0 Å². The molecule has 0 aliphatic heterocycles. The second-order valence-corrected chi connectivity index (χ2v) is 4.92. The van der Waals surface area contributed by atoms with Crippen molar-refractivity contribution in [3.63, 3.8) is 0 Å². The van der Waals surface area contributed by atoms with Crippen LogP contribution in [0.15, 0.2) is 12.1 Å². The van der Waals surface area contributed by atoms with E-state index in [4.69, 9.17) is 9.84 Å². The molecule has 0 saturated carbocycles. The first-order valence-electron chi connectivity index (χ1n) is 6.21. The predicted molar refractivity (Wildman–Crippen MR) is 72.8 cm³/mol. The van der Waals surface area contributed by atoms with Crippen molar-refractivity contribution in [2.45, 2.75) is 27.7 Å². The number of ether oxygens (including phenoxy) is 1. The number of benzene rings is 1. The lowest BCUT2D eigenvalue weighted by Crippen LogP contribution is -2.25. The number of methoxy groups -OCH3 is 1. The molecule has 0 bridgehead atoms. The Kier molecular flexibility index (Phi) is 4.70. The monoisotopic (exact) mass is 264 g/mol. The topological polar surface area (TPSA) is 63.6 Å². The zero-order chi connectivity index (χ0) is 14.7. The number of Topliss-reactive ketones (excluding diaryl/α,β-unsaturated/α-hetero) is 1. The summed E-state index contributed by atoms with van der Waals surface area (Å²) in [7, 11) is 1.59. The van der Waals surface area contributed by atoms with E-state index in [0.29, 0.717) is 5.56 Å². The van der Waals surface area contributed by atoms with Crippen molar-refractivity contribution in [2.75, 3.05) is 7.11 Å². The molecule has 0 amide bonds. The van der Waals surface area contributed by atoms with Gasteiger partial charge in [-0.15, -0.1) is 0 Å². The third kappa shape index (κ3) is 3.13. The molecule has 0 heterocycles. The van der Waals surface area contributed by atoms with Gasteiger partial charge in [-0.3, -0.25) is 9.59 Å². The summed E-state index contributed by atoms with van der Waals surface area (Å²) in [5.74, 6) is -1.60. The number of hydrogen-bond acceptors (Lipinski definition) is 3. The van der Waals surface area contributed by atoms with Crippen LogP contribution in [0.2, 0.25) is 0 Å². The van der Waals surface area contributed by atoms with Crippen molar-refractivity contribution in [1.82, 2.24) is 0 Å². The Morgan fingerprint density at radius 1 is 1.11 bits per heavy atom. The third-order valence-electron chi connectivity index (χ3n) is 3.50. The largest absolute Gasteiger partial charge is 0.496 e. The summed E-state index contributed by atoms with van der Waals surface area (Å²) in [4.78, 5) is 23.2. The van der Waals surface area contributed by atoms with E-state index in [1.165, 1.54) is 0 Å². The first-order valence-corrected chi connectivity index (χ1v) is 6.21. The van der Waals surface area contributed by atoms with Gasteiger partial charge in [0, 0.05) is 11.5 Å². The second kappa shape index (κ2) is 5.87. The average molecular weight is 264 g/mol. The Morgan fingerprint density at radius 2 is 1.58 bits per heavy atom. The molecule has 0 aliphatic carbocycles. The number of carboxylic acids is 1. The molecule has 0 radical (unpaired) electrons. The summed E-state index contributed by atoms with van der Waals surface area (Å²) < 4.78 is 5.25. The van der Waals surface area contributed by atoms with Gasteiger partial charge < -0.3 is 9.84 Å². The molecule has 1 aromatic rings. The molecule has 2 atom stereocenters. The van der Waals surface area contributed by atoms with E-state index in [0.717, 1.165) is 16.9 Å². The average Bonchev–Trinajstić information content (AvgIpc) is 2.35. The minimum Gasteiger partial charge on any atom is -0.496 e. The third-order valence-corrected chi connectivity index (χ3v) is 3.50. The number of ketones is 1. The Bertz CT molecular complexity index is 482. The SMILES string of the molecule is COc1c(C)cc(C(=O)C(C)C(C)C(=O)O)cc1C. The number of carboxylic acid groups (broad SMARTS) is 1. The fourth-order valence-electron chi connectivity index (χ4n) is 2.12. The van der Waals surface area contributed by atoms with Crippen molar-refractivity contribution in [1.29, 1.82) is 0 Å². The van der Waals surface area contributed by atoms with Crippen LogP contribution < -0.4 is 4.74 Å². The number of carbonyl (C=O) groups is 2. The maximum atomic E-state index is 12.3. The molecule has 1 rings (SSSR count). The molecule has 0 fully saturated rings. The lowest BCUT2D eigenvalue weighted by Gasteiger charge is -2.16. The number of aliphatic carboxylic acids is 1. The lowest BCUT2D eigenvalue weighted by molar-refractivity contribution is -0.142. The molecule has 19 heavy (non-hydrogen) atoms. The molecular formula is C15H20O4. The van der Waals surface area contributed by atoms with E-state index in [1.54, 1.807) is 33.1 Å². The number of hydrogen-bond donors (Lipinski definition) is 1. The van der Waals surface area contributed by atoms with Crippen molar-refractivity contribution < 1.29 is 19.4 Å². The Hall–Kier alpha value is -1.84. The summed E-state index contributed by atoms with van der Waals surface area (Å²) in [5.41, 5.74) is 2.29. The highest BCUT2D eigenvalue weighted by molar-refractivity contribution is 6.00. The van der Waals surface area contributed by atoms with Crippen LogP contribution in [-0.2, 0) is 4.79 Å². The van der Waals surface area contributed by atoms with Crippen LogP contribution in [0.1, 0.15) is 35.3 Å². The van der Waals surface area contributed by atoms with E-state index in [-0.39, 0.29) is 5.78 Å². The first kappa shape index (κ1) is 15.2. The van der Waals surface area contributed by atoms with Crippen LogP contribution in [-0.4, -0.2) is 24.0 Å². The van der Waals surface area contributed by atoms with E-state index in [2.05, 4.69) is 0 Å². The maximum Gasteiger partial charge on any atom is 0.306 e. The van der Waals surface area contributed by atoms with Crippen molar-refractivity contribution in [2.24, 2.45) is 11.8 Å². The number of carbonyl (C=O) groups excluding carboxylic acids is 1. The van der Waals surface area contributed by atoms with Gasteiger partial charge in [0.05, 0.1) is 13.0 Å². The number of aryl methyl sites for hydroxylation is 2. The van der Waals surface area contributed by atoms with Crippen LogP contribution in [0, 0.1) is 25.7 Å². The fourth-order valence-corrected chi connectivity index (χ4v) is 2.12. The van der Waals surface area contributed by atoms with Gasteiger partial charge in [-0.05, 0) is 37.1 Å². The van der Waals surface area contributed by atoms with Crippen LogP contribution in [0.3, 0.4) is 0 Å². The van der Waals surface area contributed by atoms with Crippen LogP contribution in [0.5, 0.6) is 5.75 Å². The molecule has 4 heteroatoms. The summed E-state index contributed by atoms with van der Waals surface area (Å²) in [6, 6.07) is 3.50. The van der Waals surface area contributed by atoms with Gasteiger partial charge in [0.15, 0.2) is 5.78 Å². The highest BCUT2D eigenvalue weighted by atomic mass is 16.5. The minimum atomic E-state index is -0.956. The summed E-state index contributed by atoms with van der Waals surface area (Å²) in [6.07, 6.45) is 0. The molecular weight excluding hydrogens is 244 g/mol. The van der Waals surface area contributed by atoms with Crippen LogP contribution in [0.4, 0.5) is 0 Å². The standard InChI is InChI=1S/C15H20O4/c1-8-6-12(7-9(2)14(8)19-5)13(16)10(3)11(4)15(17)18/h6-7,10-11H,1-5H3,(H,17,18). The minimum absolute atomic E-state index is 0.149.